The van der Waals surface area contributed by atoms with Crippen LogP contribution in [0.3, 0.4) is 0 Å². The quantitative estimate of drug-likeness (QED) is 0.864. The predicted octanol–water partition coefficient (Wildman–Crippen LogP) is 4.15. The van der Waals surface area contributed by atoms with E-state index < -0.39 is 5.82 Å². The van der Waals surface area contributed by atoms with E-state index in [0.29, 0.717) is 12.2 Å². The number of urea groups is 1. The van der Waals surface area contributed by atoms with Crippen molar-refractivity contribution >= 4 is 11.7 Å². The highest BCUT2D eigenvalue weighted by Crippen LogP contribution is 2.25. The number of benzene rings is 2. The number of carbonyl (C=O) groups is 1. The fraction of sp³-hybridized carbons (Fsp3) is 0.278. The molecule has 0 saturated heterocycles. The molecule has 1 unspecified atom stereocenters. The van der Waals surface area contributed by atoms with Crippen LogP contribution in [0.5, 0.6) is 11.5 Å². The molecular weight excluding hydrogens is 311 g/mol. The number of phenolic OH excluding ortho intramolecular Hbond substituents is 1. The monoisotopic (exact) mass is 332 g/mol. The molecule has 2 N–H and O–H groups in total. The van der Waals surface area contributed by atoms with Crippen molar-refractivity contribution in [2.24, 2.45) is 0 Å². The number of methoxy groups -OCH3 is 1. The smallest absolute Gasteiger partial charge is 0.322 e. The molecule has 0 heterocycles. The SMILES string of the molecule is CCN(C(=O)Nc1ccc(OC)c(F)c1)C(C)c1cccc(O)c1. The van der Waals surface area contributed by atoms with E-state index in [1.807, 2.05) is 19.9 Å². The number of ether oxygens (including phenoxy) is 1. The maximum Gasteiger partial charge on any atom is 0.322 e. The zero-order valence-electron chi connectivity index (χ0n) is 13.9. The first-order chi connectivity index (χ1) is 11.5. The van der Waals surface area contributed by atoms with Crippen LogP contribution in [0.25, 0.3) is 0 Å². The number of aromatic hydroxyl groups is 1. The largest absolute Gasteiger partial charge is 0.508 e. The van der Waals surface area contributed by atoms with Gasteiger partial charge in [0.1, 0.15) is 5.75 Å². The van der Waals surface area contributed by atoms with Gasteiger partial charge in [-0.3, -0.25) is 0 Å². The molecule has 0 bridgehead atoms. The fourth-order valence-corrected chi connectivity index (χ4v) is 2.50. The maximum absolute atomic E-state index is 13.7. The number of rotatable bonds is 5. The molecule has 128 valence electrons. The number of hydrogen-bond donors (Lipinski definition) is 2. The van der Waals surface area contributed by atoms with Crippen LogP contribution in [0.4, 0.5) is 14.9 Å². The number of anilines is 1. The van der Waals surface area contributed by atoms with Crippen LogP contribution < -0.4 is 10.1 Å². The van der Waals surface area contributed by atoms with Gasteiger partial charge in [0.05, 0.1) is 13.2 Å². The molecule has 1 atom stereocenters. The zero-order valence-corrected chi connectivity index (χ0v) is 13.9. The molecule has 0 aliphatic heterocycles. The molecule has 0 spiro atoms. The molecule has 2 aromatic carbocycles. The third-order valence-electron chi connectivity index (χ3n) is 3.82. The van der Waals surface area contributed by atoms with Crippen molar-refractivity contribution < 1.29 is 19.0 Å². The van der Waals surface area contributed by atoms with E-state index in [1.54, 1.807) is 29.2 Å². The van der Waals surface area contributed by atoms with Crippen molar-refractivity contribution in [3.8, 4) is 11.5 Å². The molecule has 0 fully saturated rings. The number of phenols is 1. The second-order valence-corrected chi connectivity index (χ2v) is 5.34. The third kappa shape index (κ3) is 3.95. The zero-order chi connectivity index (χ0) is 17.7. The first-order valence-electron chi connectivity index (χ1n) is 7.66. The molecular formula is C18H21FN2O3. The Hall–Kier alpha value is -2.76. The molecule has 0 aromatic heterocycles. The van der Waals surface area contributed by atoms with E-state index >= 15 is 0 Å². The summed E-state index contributed by atoms with van der Waals surface area (Å²) in [6.45, 7) is 4.18. The van der Waals surface area contributed by atoms with Crippen LogP contribution in [0.2, 0.25) is 0 Å². The number of amides is 2. The van der Waals surface area contributed by atoms with E-state index in [2.05, 4.69) is 5.32 Å². The van der Waals surface area contributed by atoms with Crippen molar-refractivity contribution in [1.82, 2.24) is 4.90 Å². The fourth-order valence-electron chi connectivity index (χ4n) is 2.50. The van der Waals surface area contributed by atoms with Gasteiger partial charge in [-0.05, 0) is 43.7 Å². The van der Waals surface area contributed by atoms with E-state index in [9.17, 15) is 14.3 Å². The lowest BCUT2D eigenvalue weighted by Gasteiger charge is -2.28. The van der Waals surface area contributed by atoms with Crippen molar-refractivity contribution in [1.29, 1.82) is 0 Å². The van der Waals surface area contributed by atoms with E-state index in [-0.39, 0.29) is 23.6 Å². The Morgan fingerprint density at radius 2 is 2.08 bits per heavy atom. The molecule has 5 nitrogen and oxygen atoms in total. The van der Waals surface area contributed by atoms with Gasteiger partial charge < -0.3 is 20.1 Å². The van der Waals surface area contributed by atoms with Crippen molar-refractivity contribution in [3.63, 3.8) is 0 Å². The van der Waals surface area contributed by atoms with Gasteiger partial charge in [-0.15, -0.1) is 0 Å². The van der Waals surface area contributed by atoms with Gasteiger partial charge in [0.25, 0.3) is 0 Å². The lowest BCUT2D eigenvalue weighted by molar-refractivity contribution is 0.197. The van der Waals surface area contributed by atoms with Crippen LogP contribution in [-0.2, 0) is 0 Å². The molecule has 2 rings (SSSR count). The van der Waals surface area contributed by atoms with Crippen LogP contribution >= 0.6 is 0 Å². The molecule has 0 radical (unpaired) electrons. The van der Waals surface area contributed by atoms with Gasteiger partial charge in [-0.2, -0.15) is 0 Å². The first-order valence-corrected chi connectivity index (χ1v) is 7.66. The summed E-state index contributed by atoms with van der Waals surface area (Å²) < 4.78 is 18.6. The molecule has 6 heteroatoms. The lowest BCUT2D eigenvalue weighted by atomic mass is 10.1. The molecule has 0 aliphatic rings. The van der Waals surface area contributed by atoms with Crippen LogP contribution in [-0.4, -0.2) is 29.7 Å². The minimum atomic E-state index is -0.542. The Morgan fingerprint density at radius 1 is 1.33 bits per heavy atom. The Morgan fingerprint density at radius 3 is 2.67 bits per heavy atom. The van der Waals surface area contributed by atoms with Crippen LogP contribution in [0, 0.1) is 5.82 Å². The molecule has 2 amide bonds. The summed E-state index contributed by atoms with van der Waals surface area (Å²) in [4.78, 5) is 14.1. The summed E-state index contributed by atoms with van der Waals surface area (Å²) in [6, 6.07) is 10.4. The normalized spacial score (nSPS) is 11.7. The Bertz CT molecular complexity index is 721. The Labute approximate surface area is 140 Å². The average Bonchev–Trinajstić information content (AvgIpc) is 2.55. The van der Waals surface area contributed by atoms with Gasteiger partial charge in [0, 0.05) is 18.3 Å². The van der Waals surface area contributed by atoms with Crippen LogP contribution in [0.15, 0.2) is 42.5 Å². The average molecular weight is 332 g/mol. The third-order valence-corrected chi connectivity index (χ3v) is 3.82. The summed E-state index contributed by atoms with van der Waals surface area (Å²) in [5, 5.41) is 12.3. The molecule has 0 aliphatic carbocycles. The Kier molecular flexibility index (Phi) is 5.63. The lowest BCUT2D eigenvalue weighted by Crippen LogP contribution is -2.36. The number of halogens is 1. The van der Waals surface area contributed by atoms with Crippen molar-refractivity contribution in [2.45, 2.75) is 19.9 Å². The van der Waals surface area contributed by atoms with E-state index in [0.717, 1.165) is 5.56 Å². The number of carbonyl (C=O) groups excluding carboxylic acids is 1. The second-order valence-electron chi connectivity index (χ2n) is 5.34. The minimum absolute atomic E-state index is 0.119. The van der Waals surface area contributed by atoms with Gasteiger partial charge in [-0.1, -0.05) is 12.1 Å². The maximum atomic E-state index is 13.7. The van der Waals surface area contributed by atoms with Crippen molar-refractivity contribution in [3.05, 3.63) is 53.8 Å². The first kappa shape index (κ1) is 17.6. The van der Waals surface area contributed by atoms with E-state index in [4.69, 9.17) is 4.74 Å². The van der Waals surface area contributed by atoms with Gasteiger partial charge in [0.2, 0.25) is 0 Å². The van der Waals surface area contributed by atoms with Gasteiger partial charge in [0.15, 0.2) is 11.6 Å². The van der Waals surface area contributed by atoms with Crippen LogP contribution in [0.1, 0.15) is 25.5 Å². The summed E-state index contributed by atoms with van der Waals surface area (Å²) in [5.74, 6) is -0.277. The van der Waals surface area contributed by atoms with E-state index in [1.165, 1.54) is 19.2 Å². The molecule has 2 aromatic rings. The molecule has 0 saturated carbocycles. The topological polar surface area (TPSA) is 61.8 Å². The van der Waals surface area contributed by atoms with Gasteiger partial charge in [-0.25, -0.2) is 9.18 Å². The number of nitrogens with one attached hydrogen (secondary N) is 1. The summed E-state index contributed by atoms with van der Waals surface area (Å²) >= 11 is 0. The number of nitrogens with zero attached hydrogens (tertiary/aromatic N) is 1. The highest BCUT2D eigenvalue weighted by atomic mass is 19.1. The second kappa shape index (κ2) is 7.68. The summed E-state index contributed by atoms with van der Waals surface area (Å²) in [6.07, 6.45) is 0. The molecule has 24 heavy (non-hydrogen) atoms. The number of hydrogen-bond acceptors (Lipinski definition) is 3. The highest BCUT2D eigenvalue weighted by molar-refractivity contribution is 5.89. The standard InChI is InChI=1S/C18H21FN2O3/c1-4-21(12(2)13-6-5-7-15(22)10-13)18(23)20-14-8-9-17(24-3)16(19)11-14/h5-12,22H,4H2,1-3H3,(H,20,23). The minimum Gasteiger partial charge on any atom is -0.508 e. The summed E-state index contributed by atoms with van der Waals surface area (Å²) in [5.41, 5.74) is 1.16. The summed E-state index contributed by atoms with van der Waals surface area (Å²) in [7, 11) is 1.38. The Balaban J connectivity index is 2.15. The predicted molar refractivity (Wildman–Crippen MR) is 90.9 cm³/mol. The van der Waals surface area contributed by atoms with Crippen molar-refractivity contribution in [2.75, 3.05) is 19.0 Å². The highest BCUT2D eigenvalue weighted by Gasteiger charge is 2.20. The van der Waals surface area contributed by atoms with Gasteiger partial charge >= 0.3 is 6.03 Å².